The highest BCUT2D eigenvalue weighted by Gasteiger charge is 2.08. The first kappa shape index (κ1) is 13.2. The second-order valence-corrected chi connectivity index (χ2v) is 4.24. The van der Waals surface area contributed by atoms with Crippen molar-refractivity contribution in [2.24, 2.45) is 0 Å². The molecule has 1 N–H and O–H groups in total. The molecule has 1 amide bonds. The van der Waals surface area contributed by atoms with Crippen LogP contribution >= 0.6 is 0 Å². The Bertz CT molecular complexity index is 611. The van der Waals surface area contributed by atoms with Crippen LogP contribution in [0.3, 0.4) is 0 Å². The Morgan fingerprint density at radius 1 is 1.11 bits per heavy atom. The molecule has 0 bridgehead atoms. The second kappa shape index (κ2) is 5.61. The van der Waals surface area contributed by atoms with Crippen LogP contribution in [-0.2, 0) is 6.54 Å². The lowest BCUT2D eigenvalue weighted by molar-refractivity contribution is 0.0950. The lowest BCUT2D eigenvalue weighted by atomic mass is 10.1. The van der Waals surface area contributed by atoms with Crippen molar-refractivity contribution in [3.8, 4) is 0 Å². The van der Waals surface area contributed by atoms with Gasteiger partial charge in [-0.1, -0.05) is 18.2 Å². The van der Waals surface area contributed by atoms with Crippen LogP contribution in [0.2, 0.25) is 0 Å². The van der Waals surface area contributed by atoms with E-state index >= 15 is 0 Å². The summed E-state index contributed by atoms with van der Waals surface area (Å²) in [5.41, 5.74) is 1.17. The van der Waals surface area contributed by atoms with Gasteiger partial charge in [-0.25, -0.2) is 8.78 Å². The van der Waals surface area contributed by atoms with Crippen molar-refractivity contribution in [1.82, 2.24) is 5.32 Å². The van der Waals surface area contributed by atoms with Crippen LogP contribution in [0.15, 0.2) is 42.5 Å². The first-order valence-corrected chi connectivity index (χ1v) is 5.85. The van der Waals surface area contributed by atoms with Gasteiger partial charge in [0, 0.05) is 17.7 Å². The van der Waals surface area contributed by atoms with Gasteiger partial charge in [-0.3, -0.25) is 4.79 Å². The Morgan fingerprint density at radius 2 is 1.84 bits per heavy atom. The molecule has 98 valence electrons. The van der Waals surface area contributed by atoms with E-state index in [1.54, 1.807) is 25.1 Å². The smallest absolute Gasteiger partial charge is 0.251 e. The molecule has 2 rings (SSSR count). The number of nitrogens with one attached hydrogen (secondary N) is 1. The van der Waals surface area contributed by atoms with Crippen LogP contribution < -0.4 is 5.32 Å². The number of amides is 1. The van der Waals surface area contributed by atoms with Crippen molar-refractivity contribution in [2.45, 2.75) is 13.5 Å². The summed E-state index contributed by atoms with van der Waals surface area (Å²) in [7, 11) is 0. The van der Waals surface area contributed by atoms with E-state index in [0.29, 0.717) is 16.7 Å². The molecule has 0 spiro atoms. The molecule has 4 heteroatoms. The first-order valence-electron chi connectivity index (χ1n) is 5.85. The summed E-state index contributed by atoms with van der Waals surface area (Å²) in [5, 5.41) is 2.60. The first-order chi connectivity index (χ1) is 9.08. The largest absolute Gasteiger partial charge is 0.348 e. The van der Waals surface area contributed by atoms with Crippen molar-refractivity contribution in [3.05, 3.63) is 70.8 Å². The normalized spacial score (nSPS) is 10.3. The molecule has 0 aliphatic rings. The molecule has 0 radical (unpaired) electrons. The molecule has 0 saturated heterocycles. The molecule has 19 heavy (non-hydrogen) atoms. The Labute approximate surface area is 110 Å². The second-order valence-electron chi connectivity index (χ2n) is 4.24. The zero-order valence-corrected chi connectivity index (χ0v) is 10.4. The Kier molecular flexibility index (Phi) is 3.90. The number of aryl methyl sites for hydroxylation is 1. The summed E-state index contributed by atoms with van der Waals surface area (Å²) in [6, 6.07) is 10.3. The van der Waals surface area contributed by atoms with Crippen molar-refractivity contribution < 1.29 is 13.6 Å². The van der Waals surface area contributed by atoms with E-state index < -0.39 is 0 Å². The number of carbonyl (C=O) groups is 1. The standard InChI is InChI=1S/C15H13F2NO/c1-10-8-11(6-7-13(10)16)15(19)18-9-12-4-2-3-5-14(12)17/h2-8H,9H2,1H3,(H,18,19). The van der Waals surface area contributed by atoms with Crippen LogP contribution in [0.1, 0.15) is 21.5 Å². The quantitative estimate of drug-likeness (QED) is 0.903. The van der Waals surface area contributed by atoms with E-state index in [4.69, 9.17) is 0 Å². The molecule has 0 aliphatic heterocycles. The highest BCUT2D eigenvalue weighted by molar-refractivity contribution is 5.94. The summed E-state index contributed by atoms with van der Waals surface area (Å²) in [6.45, 7) is 1.69. The van der Waals surface area contributed by atoms with Gasteiger partial charge < -0.3 is 5.32 Å². The maximum Gasteiger partial charge on any atom is 0.251 e. The molecule has 0 aliphatic carbocycles. The van der Waals surface area contributed by atoms with E-state index in [9.17, 15) is 13.6 Å². The van der Waals surface area contributed by atoms with Gasteiger partial charge in [0.05, 0.1) is 0 Å². The summed E-state index contributed by atoms with van der Waals surface area (Å²) >= 11 is 0. The number of rotatable bonds is 3. The van der Waals surface area contributed by atoms with E-state index in [1.165, 1.54) is 24.3 Å². The SMILES string of the molecule is Cc1cc(C(=O)NCc2ccccc2F)ccc1F. The maximum atomic E-state index is 13.4. The average molecular weight is 261 g/mol. The van der Waals surface area contributed by atoms with Gasteiger partial charge in [0.2, 0.25) is 0 Å². The summed E-state index contributed by atoms with van der Waals surface area (Å²) in [5.74, 6) is -1.07. The Balaban J connectivity index is 2.05. The monoisotopic (exact) mass is 261 g/mol. The number of halogens is 2. The Hall–Kier alpha value is -2.23. The fourth-order valence-corrected chi connectivity index (χ4v) is 1.71. The van der Waals surface area contributed by atoms with Crippen LogP contribution in [0, 0.1) is 18.6 Å². The predicted molar refractivity (Wildman–Crippen MR) is 68.7 cm³/mol. The van der Waals surface area contributed by atoms with Gasteiger partial charge in [0.25, 0.3) is 5.91 Å². The van der Waals surface area contributed by atoms with Crippen LogP contribution in [0.4, 0.5) is 8.78 Å². The summed E-state index contributed by atoms with van der Waals surface area (Å²) in [4.78, 5) is 11.8. The highest BCUT2D eigenvalue weighted by atomic mass is 19.1. The van der Waals surface area contributed by atoms with Gasteiger partial charge in [0.15, 0.2) is 0 Å². The van der Waals surface area contributed by atoms with Crippen molar-refractivity contribution in [1.29, 1.82) is 0 Å². The third-order valence-corrected chi connectivity index (χ3v) is 2.82. The zero-order chi connectivity index (χ0) is 13.8. The van der Waals surface area contributed by atoms with E-state index in [0.717, 1.165) is 0 Å². The molecule has 2 aromatic carbocycles. The van der Waals surface area contributed by atoms with Gasteiger partial charge >= 0.3 is 0 Å². The molecular formula is C15H13F2NO. The van der Waals surface area contributed by atoms with E-state index in [2.05, 4.69) is 5.32 Å². The molecule has 0 atom stereocenters. The zero-order valence-electron chi connectivity index (χ0n) is 10.4. The van der Waals surface area contributed by atoms with Crippen molar-refractivity contribution >= 4 is 5.91 Å². The summed E-state index contributed by atoms with van der Waals surface area (Å²) in [6.07, 6.45) is 0. The lowest BCUT2D eigenvalue weighted by Crippen LogP contribution is -2.23. The van der Waals surface area contributed by atoms with Crippen molar-refractivity contribution in [2.75, 3.05) is 0 Å². The fourth-order valence-electron chi connectivity index (χ4n) is 1.71. The Morgan fingerprint density at radius 3 is 2.53 bits per heavy atom. The molecule has 0 heterocycles. The molecule has 0 unspecified atom stereocenters. The predicted octanol–water partition coefficient (Wildman–Crippen LogP) is 3.20. The molecule has 2 nitrogen and oxygen atoms in total. The third kappa shape index (κ3) is 3.16. The van der Waals surface area contributed by atoms with Gasteiger partial charge in [-0.2, -0.15) is 0 Å². The average Bonchev–Trinajstić information content (AvgIpc) is 2.40. The third-order valence-electron chi connectivity index (χ3n) is 2.82. The van der Waals surface area contributed by atoms with Gasteiger partial charge in [-0.15, -0.1) is 0 Å². The molecule has 0 aromatic heterocycles. The number of hydrogen-bond acceptors (Lipinski definition) is 1. The number of hydrogen-bond donors (Lipinski definition) is 1. The minimum atomic E-state index is -0.363. The topological polar surface area (TPSA) is 29.1 Å². The van der Waals surface area contributed by atoms with Gasteiger partial charge in [-0.05, 0) is 36.8 Å². The maximum absolute atomic E-state index is 13.4. The van der Waals surface area contributed by atoms with E-state index in [1.807, 2.05) is 0 Å². The molecule has 0 fully saturated rings. The molecule has 2 aromatic rings. The minimum absolute atomic E-state index is 0.0991. The fraction of sp³-hybridized carbons (Fsp3) is 0.133. The molecular weight excluding hydrogens is 248 g/mol. The highest BCUT2D eigenvalue weighted by Crippen LogP contribution is 2.10. The van der Waals surface area contributed by atoms with Crippen molar-refractivity contribution in [3.63, 3.8) is 0 Å². The lowest BCUT2D eigenvalue weighted by Gasteiger charge is -2.07. The summed E-state index contributed by atoms with van der Waals surface area (Å²) < 4.78 is 26.4. The number of benzene rings is 2. The van der Waals surface area contributed by atoms with Crippen LogP contribution in [-0.4, -0.2) is 5.91 Å². The van der Waals surface area contributed by atoms with E-state index in [-0.39, 0.29) is 24.1 Å². The number of carbonyl (C=O) groups excluding carboxylic acids is 1. The molecule has 0 saturated carbocycles. The van der Waals surface area contributed by atoms with Gasteiger partial charge in [0.1, 0.15) is 11.6 Å². The minimum Gasteiger partial charge on any atom is -0.348 e. The van der Waals surface area contributed by atoms with Crippen LogP contribution in [0.25, 0.3) is 0 Å². The van der Waals surface area contributed by atoms with Crippen LogP contribution in [0.5, 0.6) is 0 Å².